The van der Waals surface area contributed by atoms with Crippen LogP contribution in [0.1, 0.15) is 13.8 Å². The summed E-state index contributed by atoms with van der Waals surface area (Å²) in [4.78, 5) is 0. The molecular weight excluding hydrogens is 347 g/mol. The molecule has 0 aliphatic heterocycles. The van der Waals surface area contributed by atoms with E-state index in [-0.39, 0.29) is 16.5 Å². The molecule has 0 spiro atoms. The van der Waals surface area contributed by atoms with Crippen molar-refractivity contribution in [3.63, 3.8) is 0 Å². The molecule has 0 radical (unpaired) electrons. The molecule has 4 aliphatic carbocycles. The Bertz CT molecular complexity index is 742. The van der Waals surface area contributed by atoms with E-state index < -0.39 is 0 Å². The van der Waals surface area contributed by atoms with Gasteiger partial charge >= 0.3 is 16.5 Å². The van der Waals surface area contributed by atoms with Crippen LogP contribution in [0.15, 0.2) is 119 Å². The molecule has 0 heterocycles. The molecule has 0 unspecified atom stereocenters. The fourth-order valence-electron chi connectivity index (χ4n) is 2.75. The molecule has 0 amide bonds. The molecule has 4 rings (SSSR count). The second-order valence-electron chi connectivity index (χ2n) is 6.09. The van der Waals surface area contributed by atoms with E-state index in [1.54, 1.807) is 0 Å². The molecule has 0 fully saturated rings. The number of rotatable bonds is 0. The molecule has 1 heteroatoms. The summed E-state index contributed by atoms with van der Waals surface area (Å²) in [5, 5.41) is 0. The normalized spacial score (nSPS) is 24.9. The first kappa shape index (κ1) is 19.0. The van der Waals surface area contributed by atoms with Gasteiger partial charge in [0, 0.05) is 0 Å². The van der Waals surface area contributed by atoms with Crippen molar-refractivity contribution in [2.75, 3.05) is 0 Å². The van der Waals surface area contributed by atoms with Crippen LogP contribution in [0.4, 0.5) is 0 Å². The van der Waals surface area contributed by atoms with Crippen LogP contribution in [0.2, 0.25) is 0 Å². The predicted octanol–water partition coefficient (Wildman–Crippen LogP) is 6.26. The number of allylic oxidation sites excluding steroid dienone is 20. The third-order valence-electron chi connectivity index (χ3n) is 4.03. The Kier molecular flexibility index (Phi) is 6.98. The zero-order valence-electron chi connectivity index (χ0n) is 14.6. The number of hydrogen-bond acceptors (Lipinski definition) is 0. The standard InChI is InChI=1S/2C12H11.Ni/c2*1-10-7-8-12(9-10)11-5-3-2-4-6-11;/h2*2-9H,1H3;/q2*-1;+2. The van der Waals surface area contributed by atoms with Crippen LogP contribution in [0.5, 0.6) is 0 Å². The SMILES string of the molecule is CC1=CC(=C2C=CC=C[CH-]2)C=C1.CC1=CC(=C2C=CC=C[CH-]2)C=C1.[Ni+2]. The summed E-state index contributed by atoms with van der Waals surface area (Å²) in [7, 11) is 0. The van der Waals surface area contributed by atoms with Gasteiger partial charge in [-0.15, -0.1) is 72.6 Å². The minimum Gasteiger partial charge on any atom is -0.145 e. The van der Waals surface area contributed by atoms with E-state index in [4.69, 9.17) is 0 Å². The van der Waals surface area contributed by atoms with Gasteiger partial charge in [-0.1, -0.05) is 58.7 Å². The maximum atomic E-state index is 2.20. The van der Waals surface area contributed by atoms with Crippen LogP contribution in [0.25, 0.3) is 0 Å². The first-order valence-electron chi connectivity index (χ1n) is 8.30. The summed E-state index contributed by atoms with van der Waals surface area (Å²) in [5.41, 5.74) is 7.88. The maximum Gasteiger partial charge on any atom is 2.00 e. The Morgan fingerprint density at radius 2 is 1.00 bits per heavy atom. The molecule has 25 heavy (non-hydrogen) atoms. The van der Waals surface area contributed by atoms with Crippen molar-refractivity contribution < 1.29 is 16.5 Å². The van der Waals surface area contributed by atoms with Crippen LogP contribution < -0.4 is 0 Å². The van der Waals surface area contributed by atoms with Crippen LogP contribution in [-0.4, -0.2) is 0 Å². The van der Waals surface area contributed by atoms with Gasteiger partial charge in [0.2, 0.25) is 0 Å². The predicted molar refractivity (Wildman–Crippen MR) is 105 cm³/mol. The zero-order chi connectivity index (χ0) is 16.8. The quantitative estimate of drug-likeness (QED) is 0.349. The van der Waals surface area contributed by atoms with Crippen LogP contribution in [0, 0.1) is 12.8 Å². The third kappa shape index (κ3) is 5.31. The molecule has 0 bridgehead atoms. The number of hydrogen-bond donors (Lipinski definition) is 0. The van der Waals surface area contributed by atoms with Gasteiger partial charge in [0.25, 0.3) is 0 Å². The van der Waals surface area contributed by atoms with E-state index >= 15 is 0 Å². The summed E-state index contributed by atoms with van der Waals surface area (Å²) in [6, 6.07) is 0. The largest absolute Gasteiger partial charge is 2.00 e. The van der Waals surface area contributed by atoms with E-state index in [0.29, 0.717) is 0 Å². The van der Waals surface area contributed by atoms with E-state index in [0.717, 1.165) is 0 Å². The van der Waals surface area contributed by atoms with Gasteiger partial charge < -0.3 is 0 Å². The molecule has 128 valence electrons. The molecule has 0 aromatic carbocycles. The van der Waals surface area contributed by atoms with E-state index in [9.17, 15) is 0 Å². The van der Waals surface area contributed by atoms with Crippen molar-refractivity contribution in [3.05, 3.63) is 131 Å². The van der Waals surface area contributed by atoms with Crippen molar-refractivity contribution in [1.82, 2.24) is 0 Å². The molecule has 0 aromatic rings. The minimum absolute atomic E-state index is 0. The molecule has 0 atom stereocenters. The summed E-state index contributed by atoms with van der Waals surface area (Å²) < 4.78 is 0. The topological polar surface area (TPSA) is 0 Å². The van der Waals surface area contributed by atoms with Gasteiger partial charge in [-0.3, -0.25) is 0 Å². The van der Waals surface area contributed by atoms with Gasteiger partial charge in [-0.25, -0.2) is 0 Å². The average molecular weight is 369 g/mol. The summed E-state index contributed by atoms with van der Waals surface area (Å²) in [5.74, 6) is 0. The monoisotopic (exact) mass is 368 g/mol. The fraction of sp³-hybridized carbons (Fsp3) is 0.0833. The molecule has 0 aromatic heterocycles. The van der Waals surface area contributed by atoms with Gasteiger partial charge in [0.15, 0.2) is 0 Å². The van der Waals surface area contributed by atoms with Gasteiger partial charge in [0.05, 0.1) is 0 Å². The van der Waals surface area contributed by atoms with Gasteiger partial charge in [-0.2, -0.15) is 0 Å². The smallest absolute Gasteiger partial charge is 0.145 e. The fourth-order valence-corrected chi connectivity index (χ4v) is 2.75. The first-order chi connectivity index (χ1) is 11.7. The molecule has 0 saturated heterocycles. The Labute approximate surface area is 161 Å². The van der Waals surface area contributed by atoms with Crippen molar-refractivity contribution in [3.8, 4) is 0 Å². The van der Waals surface area contributed by atoms with Crippen LogP contribution in [0.3, 0.4) is 0 Å². The molecule has 0 N–H and O–H groups in total. The average Bonchev–Trinajstić information content (AvgIpc) is 3.26. The summed E-state index contributed by atoms with van der Waals surface area (Å²) in [6.45, 7) is 4.24. The Balaban J connectivity index is 0.000000173. The second kappa shape index (κ2) is 9.20. The van der Waals surface area contributed by atoms with E-state index in [2.05, 4.69) is 99.6 Å². The first-order valence-corrected chi connectivity index (χ1v) is 8.30. The Morgan fingerprint density at radius 1 is 0.560 bits per heavy atom. The third-order valence-corrected chi connectivity index (χ3v) is 4.03. The molecular formula is C24H22Ni. The molecule has 0 nitrogen and oxygen atoms in total. The van der Waals surface area contributed by atoms with Gasteiger partial charge in [0.1, 0.15) is 0 Å². The maximum absolute atomic E-state index is 2.20. The van der Waals surface area contributed by atoms with Crippen molar-refractivity contribution in [1.29, 1.82) is 0 Å². The minimum atomic E-state index is 0. The van der Waals surface area contributed by atoms with Crippen LogP contribution in [-0.2, 0) is 16.5 Å². The molecule has 4 aliphatic rings. The van der Waals surface area contributed by atoms with Crippen molar-refractivity contribution in [2.45, 2.75) is 13.8 Å². The Hall–Kier alpha value is -2.37. The zero-order valence-corrected chi connectivity index (χ0v) is 15.5. The van der Waals surface area contributed by atoms with Crippen LogP contribution >= 0.6 is 0 Å². The van der Waals surface area contributed by atoms with Gasteiger partial charge in [-0.05, 0) is 13.8 Å². The van der Waals surface area contributed by atoms with Crippen molar-refractivity contribution >= 4 is 0 Å². The second-order valence-corrected chi connectivity index (χ2v) is 6.09. The summed E-state index contributed by atoms with van der Waals surface area (Å²) in [6.07, 6.45) is 33.9. The van der Waals surface area contributed by atoms with E-state index in [1.165, 1.54) is 33.4 Å². The summed E-state index contributed by atoms with van der Waals surface area (Å²) >= 11 is 0. The van der Waals surface area contributed by atoms with E-state index in [1.807, 2.05) is 12.2 Å². The van der Waals surface area contributed by atoms with Crippen molar-refractivity contribution in [2.24, 2.45) is 0 Å². The Morgan fingerprint density at radius 3 is 1.28 bits per heavy atom. The molecule has 0 saturated carbocycles.